The summed E-state index contributed by atoms with van der Waals surface area (Å²) < 4.78 is 0. The molecule has 0 atom stereocenters. The summed E-state index contributed by atoms with van der Waals surface area (Å²) >= 11 is 0. The van der Waals surface area contributed by atoms with Crippen LogP contribution in [0.3, 0.4) is 0 Å². The molecule has 3 heteroatoms. The maximum Gasteiger partial charge on any atom is 0.226 e. The monoisotopic (exact) mass is 436 g/mol. The largest absolute Gasteiger partial charge is 0.371 e. The second-order valence-corrected chi connectivity index (χ2v) is 9.81. The van der Waals surface area contributed by atoms with Gasteiger partial charge < -0.3 is 10.2 Å². The van der Waals surface area contributed by atoms with E-state index in [0.717, 1.165) is 25.2 Å². The van der Waals surface area contributed by atoms with Crippen LogP contribution < -0.4 is 10.2 Å². The van der Waals surface area contributed by atoms with E-state index in [9.17, 15) is 4.79 Å². The molecule has 32 heavy (non-hydrogen) atoms. The van der Waals surface area contributed by atoms with E-state index in [0.29, 0.717) is 18.3 Å². The zero-order valence-corrected chi connectivity index (χ0v) is 21.4. The Hall–Kier alpha value is -2.29. The molecule has 1 N–H and O–H groups in total. The molecule has 0 fully saturated rings. The highest BCUT2D eigenvalue weighted by Crippen LogP contribution is 2.32. The molecule has 0 heterocycles. The van der Waals surface area contributed by atoms with Gasteiger partial charge in [0.2, 0.25) is 5.91 Å². The first-order chi connectivity index (χ1) is 15.2. The normalized spacial score (nSPS) is 11.3. The van der Waals surface area contributed by atoms with Crippen LogP contribution in [0.5, 0.6) is 0 Å². The van der Waals surface area contributed by atoms with E-state index in [2.05, 4.69) is 95.1 Å². The average Bonchev–Trinajstić information content (AvgIpc) is 2.72. The van der Waals surface area contributed by atoms with Crippen molar-refractivity contribution in [3.05, 3.63) is 58.7 Å². The number of unbranched alkanes of at least 4 members (excludes halogenated alkanes) is 3. The van der Waals surface area contributed by atoms with Gasteiger partial charge in [0.05, 0.1) is 0 Å². The van der Waals surface area contributed by atoms with E-state index in [-0.39, 0.29) is 5.91 Å². The summed E-state index contributed by atoms with van der Waals surface area (Å²) in [6.45, 7) is 17.0. The van der Waals surface area contributed by atoms with Gasteiger partial charge in [-0.3, -0.25) is 4.79 Å². The number of hydrogen-bond donors (Lipinski definition) is 1. The van der Waals surface area contributed by atoms with E-state index in [1.807, 2.05) is 0 Å². The Morgan fingerprint density at radius 2 is 1.47 bits per heavy atom. The molecule has 0 aliphatic heterocycles. The van der Waals surface area contributed by atoms with Crippen molar-refractivity contribution in [2.75, 3.05) is 23.3 Å². The average molecular weight is 437 g/mol. The summed E-state index contributed by atoms with van der Waals surface area (Å²) in [7, 11) is 0. The van der Waals surface area contributed by atoms with Crippen LogP contribution in [0.25, 0.3) is 0 Å². The van der Waals surface area contributed by atoms with Crippen LogP contribution >= 0.6 is 0 Å². The van der Waals surface area contributed by atoms with Crippen molar-refractivity contribution >= 4 is 17.3 Å². The van der Waals surface area contributed by atoms with E-state index < -0.39 is 0 Å². The molecule has 2 rings (SSSR count). The fraction of sp³-hybridized carbons (Fsp3) is 0.552. The molecule has 2 aromatic carbocycles. The molecule has 176 valence electrons. The molecular weight excluding hydrogens is 392 g/mol. The van der Waals surface area contributed by atoms with Crippen LogP contribution in [-0.2, 0) is 4.79 Å². The number of nitrogens with one attached hydrogen (secondary N) is 1. The molecule has 2 aromatic rings. The Bertz CT molecular complexity index is 823. The molecule has 0 saturated heterocycles. The van der Waals surface area contributed by atoms with Gasteiger partial charge >= 0.3 is 0 Å². The predicted octanol–water partition coefficient (Wildman–Crippen LogP) is 7.97. The minimum atomic E-state index is 0.0999. The molecule has 0 spiro atoms. The van der Waals surface area contributed by atoms with Gasteiger partial charge in [-0.15, -0.1) is 0 Å². The number of carbonyl (C=O) groups is 1. The predicted molar refractivity (Wildman–Crippen MR) is 140 cm³/mol. The van der Waals surface area contributed by atoms with Crippen LogP contribution in [0, 0.1) is 13.8 Å². The second-order valence-electron chi connectivity index (χ2n) is 9.81. The summed E-state index contributed by atoms with van der Waals surface area (Å²) in [6.07, 6.45) is 5.40. The summed E-state index contributed by atoms with van der Waals surface area (Å²) in [5.41, 5.74) is 7.23. The number of rotatable bonds is 12. The van der Waals surface area contributed by atoms with Gasteiger partial charge in [0.15, 0.2) is 0 Å². The lowest BCUT2D eigenvalue weighted by atomic mass is 9.92. The highest BCUT2D eigenvalue weighted by molar-refractivity contribution is 5.93. The smallest absolute Gasteiger partial charge is 0.226 e. The molecular formula is C29H44N2O. The Kier molecular flexibility index (Phi) is 10.3. The number of benzene rings is 2. The Balaban J connectivity index is 2.14. The minimum Gasteiger partial charge on any atom is -0.371 e. The summed E-state index contributed by atoms with van der Waals surface area (Å²) in [5, 5.41) is 3.28. The van der Waals surface area contributed by atoms with Crippen molar-refractivity contribution in [3.63, 3.8) is 0 Å². The molecule has 0 aliphatic rings. The highest BCUT2D eigenvalue weighted by Gasteiger charge is 2.17. The van der Waals surface area contributed by atoms with Crippen molar-refractivity contribution in [1.29, 1.82) is 0 Å². The number of nitrogens with zero attached hydrogens (tertiary/aromatic N) is 1. The fourth-order valence-corrected chi connectivity index (χ4v) is 4.37. The fourth-order valence-electron chi connectivity index (χ4n) is 4.37. The lowest BCUT2D eigenvalue weighted by molar-refractivity contribution is -0.116. The number of anilines is 2. The van der Waals surface area contributed by atoms with E-state index in [1.54, 1.807) is 0 Å². The molecule has 0 unspecified atom stereocenters. The quantitative estimate of drug-likeness (QED) is 0.342. The number of para-hydroxylation sites is 1. The van der Waals surface area contributed by atoms with Crippen molar-refractivity contribution in [1.82, 2.24) is 0 Å². The zero-order valence-electron chi connectivity index (χ0n) is 21.4. The molecule has 3 nitrogen and oxygen atoms in total. The second kappa shape index (κ2) is 12.7. The van der Waals surface area contributed by atoms with Crippen LogP contribution in [-0.4, -0.2) is 19.0 Å². The van der Waals surface area contributed by atoms with Crippen molar-refractivity contribution in [2.45, 2.75) is 92.4 Å². The first kappa shape index (κ1) is 26.0. The number of hydrogen-bond acceptors (Lipinski definition) is 2. The van der Waals surface area contributed by atoms with E-state index in [1.165, 1.54) is 47.2 Å². The van der Waals surface area contributed by atoms with Crippen LogP contribution in [0.2, 0.25) is 0 Å². The Labute approximate surface area is 196 Å². The summed E-state index contributed by atoms with van der Waals surface area (Å²) in [5.74, 6) is 0.839. The Morgan fingerprint density at radius 1 is 0.875 bits per heavy atom. The highest BCUT2D eigenvalue weighted by atomic mass is 16.1. The topological polar surface area (TPSA) is 32.3 Å². The first-order valence-corrected chi connectivity index (χ1v) is 12.5. The maximum absolute atomic E-state index is 13.1. The lowest BCUT2D eigenvalue weighted by Gasteiger charge is -2.26. The van der Waals surface area contributed by atoms with E-state index in [4.69, 9.17) is 0 Å². The van der Waals surface area contributed by atoms with Crippen molar-refractivity contribution < 1.29 is 4.79 Å². The zero-order chi connectivity index (χ0) is 23.7. The molecule has 0 radical (unpaired) electrons. The third kappa shape index (κ3) is 7.69. The van der Waals surface area contributed by atoms with Crippen molar-refractivity contribution in [3.8, 4) is 0 Å². The summed E-state index contributed by atoms with van der Waals surface area (Å²) in [4.78, 5) is 15.5. The SMILES string of the molecule is CCCCCCN(CCC(=O)Nc1c(C(C)C)cccc1C(C)C)c1cc(C)cc(C)c1. The van der Waals surface area contributed by atoms with Crippen LogP contribution in [0.15, 0.2) is 36.4 Å². The van der Waals surface area contributed by atoms with E-state index >= 15 is 0 Å². The van der Waals surface area contributed by atoms with Crippen LogP contribution in [0.1, 0.15) is 101 Å². The number of amides is 1. The molecule has 1 amide bonds. The number of carbonyl (C=O) groups excluding carboxylic acids is 1. The van der Waals surface area contributed by atoms with Gasteiger partial charge in [-0.25, -0.2) is 0 Å². The Morgan fingerprint density at radius 3 is 2.00 bits per heavy atom. The third-order valence-corrected chi connectivity index (χ3v) is 6.10. The van der Waals surface area contributed by atoms with Crippen LogP contribution in [0.4, 0.5) is 11.4 Å². The number of aryl methyl sites for hydroxylation is 2. The standard InChI is InChI=1S/C29H44N2O/c1-8-9-10-11-16-31(25-19-23(6)18-24(7)20-25)17-15-28(32)30-29-26(21(2)3)13-12-14-27(29)22(4)5/h12-14,18-22H,8-11,15-17H2,1-7H3,(H,30,32). The van der Waals surface area contributed by atoms with Crippen molar-refractivity contribution in [2.24, 2.45) is 0 Å². The maximum atomic E-state index is 13.1. The minimum absolute atomic E-state index is 0.0999. The van der Waals surface area contributed by atoms with Gasteiger partial charge in [-0.05, 0) is 66.5 Å². The van der Waals surface area contributed by atoms with Gasteiger partial charge in [0.1, 0.15) is 0 Å². The summed E-state index contributed by atoms with van der Waals surface area (Å²) in [6, 6.07) is 13.1. The van der Waals surface area contributed by atoms with Gasteiger partial charge in [-0.1, -0.05) is 78.1 Å². The van der Waals surface area contributed by atoms with Gasteiger partial charge in [-0.2, -0.15) is 0 Å². The van der Waals surface area contributed by atoms with Gasteiger partial charge in [0, 0.05) is 30.9 Å². The molecule has 0 aromatic heterocycles. The molecule has 0 saturated carbocycles. The molecule has 0 aliphatic carbocycles. The van der Waals surface area contributed by atoms with Gasteiger partial charge in [0.25, 0.3) is 0 Å². The lowest BCUT2D eigenvalue weighted by Crippen LogP contribution is -2.29. The first-order valence-electron chi connectivity index (χ1n) is 12.5. The third-order valence-electron chi connectivity index (χ3n) is 6.10. The molecule has 0 bridgehead atoms.